The van der Waals surface area contributed by atoms with E-state index in [1.54, 1.807) is 23.5 Å². The molecule has 0 unspecified atom stereocenters. The van der Waals surface area contributed by atoms with Gasteiger partial charge in [0.05, 0.1) is 0 Å². The van der Waals surface area contributed by atoms with Crippen LogP contribution in [0.3, 0.4) is 0 Å². The standard InChI is InChI=1S/C5H8S3.2CH3.2K/c1-3-7-5(6)8-4-2;;;;/h3-4H,1-2H3;2*1H3;;/q-2;2*-1;2*+1. The van der Waals surface area contributed by atoms with Crippen molar-refractivity contribution in [1.29, 1.82) is 0 Å². The summed E-state index contributed by atoms with van der Waals surface area (Å²) in [5.74, 6) is 3.97. The Balaban J connectivity index is -0.0000000408. The Bertz CT molecular complexity index is 71.1. The number of thioether (sulfide) groups is 2. The van der Waals surface area contributed by atoms with Gasteiger partial charge in [-0.25, -0.2) is 0 Å². The number of rotatable bonds is 2. The molecule has 0 amide bonds. The molecule has 0 aliphatic rings. The van der Waals surface area contributed by atoms with E-state index in [1.807, 2.05) is 25.4 Å². The van der Waals surface area contributed by atoms with Crippen LogP contribution in [0.5, 0.6) is 0 Å². The predicted molar refractivity (Wildman–Crippen MR) is 60.6 cm³/mol. The van der Waals surface area contributed by atoms with Gasteiger partial charge < -0.3 is 38.4 Å². The first-order valence-corrected chi connectivity index (χ1v) is 4.41. The molecule has 0 fully saturated rings. The van der Waals surface area contributed by atoms with Crippen molar-refractivity contribution in [1.82, 2.24) is 0 Å². The SMILES string of the molecule is C[CH-]SC(=S)S[CH-]C.[CH3-].[CH3-].[K+].[K+]. The fourth-order valence-corrected chi connectivity index (χ4v) is 1.98. The Morgan fingerprint density at radius 3 is 1.42 bits per heavy atom. The molecule has 0 aromatic carbocycles. The minimum Gasteiger partial charge on any atom is -0.358 e. The zero-order valence-electron chi connectivity index (χ0n) is 8.88. The summed E-state index contributed by atoms with van der Waals surface area (Å²) in [7, 11) is 0. The normalized spacial score (nSPS) is 6.17. The zero-order valence-corrected chi connectivity index (χ0v) is 17.6. The second-order valence-electron chi connectivity index (χ2n) is 0.957. The molecule has 0 aliphatic heterocycles. The Morgan fingerprint density at radius 1 is 1.00 bits per heavy atom. The molecule has 0 saturated heterocycles. The third-order valence-electron chi connectivity index (χ3n) is 0.428. The van der Waals surface area contributed by atoms with Gasteiger partial charge >= 0.3 is 103 Å². The second-order valence-corrected chi connectivity index (χ2v) is 4.37. The van der Waals surface area contributed by atoms with Gasteiger partial charge in [0.1, 0.15) is 0 Å². The molecule has 0 saturated carbocycles. The molecule has 0 nitrogen and oxygen atoms in total. The van der Waals surface area contributed by atoms with Gasteiger partial charge in [-0.2, -0.15) is 13.8 Å². The van der Waals surface area contributed by atoms with Crippen LogP contribution in [0.4, 0.5) is 0 Å². The number of hydrogen-bond donors (Lipinski definition) is 0. The van der Waals surface area contributed by atoms with Crippen molar-refractivity contribution < 1.29 is 103 Å². The van der Waals surface area contributed by atoms with Crippen LogP contribution in [0.2, 0.25) is 0 Å². The molecule has 0 aromatic rings. The molecule has 0 spiro atoms. The summed E-state index contributed by atoms with van der Waals surface area (Å²) in [5, 5.41) is 0. The maximum absolute atomic E-state index is 4.92. The maximum Gasteiger partial charge on any atom is 1.00 e. The first kappa shape index (κ1) is 29.8. The minimum atomic E-state index is 0. The average Bonchev–Trinajstić information content (AvgIpc) is 1.68. The molecular weight excluding hydrogens is 258 g/mol. The monoisotopic (exact) mass is 272 g/mol. The van der Waals surface area contributed by atoms with Crippen LogP contribution in [0.1, 0.15) is 13.8 Å². The van der Waals surface area contributed by atoms with E-state index in [9.17, 15) is 0 Å². The van der Waals surface area contributed by atoms with Gasteiger partial charge in [0.15, 0.2) is 0 Å². The van der Waals surface area contributed by atoms with Gasteiger partial charge in [-0.05, 0) is 0 Å². The first-order chi connectivity index (χ1) is 3.81. The topological polar surface area (TPSA) is 0 Å². The van der Waals surface area contributed by atoms with E-state index in [1.165, 1.54) is 0 Å². The molecule has 0 aliphatic carbocycles. The van der Waals surface area contributed by atoms with Crippen LogP contribution in [0, 0.1) is 26.4 Å². The summed E-state index contributed by atoms with van der Waals surface area (Å²) in [6, 6.07) is 0. The van der Waals surface area contributed by atoms with E-state index in [0.717, 1.165) is 3.53 Å². The Hall–Kier alpha value is 4.06. The minimum absolute atomic E-state index is 0. The fraction of sp³-hybridized carbons (Fsp3) is 0.286. The van der Waals surface area contributed by atoms with Gasteiger partial charge in [0, 0.05) is 3.53 Å². The Morgan fingerprint density at radius 2 is 1.25 bits per heavy atom. The molecule has 64 valence electrons. The van der Waals surface area contributed by atoms with Crippen molar-refractivity contribution in [3.05, 3.63) is 26.4 Å². The van der Waals surface area contributed by atoms with Gasteiger partial charge in [-0.15, -0.1) is 0 Å². The molecule has 0 aromatic heterocycles. The number of hydrogen-bond acceptors (Lipinski definition) is 3. The zero-order chi connectivity index (χ0) is 6.41. The molecule has 12 heavy (non-hydrogen) atoms. The van der Waals surface area contributed by atoms with Crippen LogP contribution >= 0.6 is 35.7 Å². The van der Waals surface area contributed by atoms with Crippen LogP contribution in [0.25, 0.3) is 0 Å². The quantitative estimate of drug-likeness (QED) is 0.325. The number of thiocarbonyl (C=S) groups is 1. The summed E-state index contributed by atoms with van der Waals surface area (Å²) < 4.78 is 0.968. The van der Waals surface area contributed by atoms with Crippen molar-refractivity contribution in [3.63, 3.8) is 0 Å². The van der Waals surface area contributed by atoms with E-state index >= 15 is 0 Å². The molecule has 0 heterocycles. The second kappa shape index (κ2) is 24.3. The molecule has 0 rings (SSSR count). The molecule has 5 heteroatoms. The summed E-state index contributed by atoms with van der Waals surface area (Å²) in [4.78, 5) is 0. The molecular formula is C7H14K2S3-2. The third kappa shape index (κ3) is 23.7. The molecule has 0 bridgehead atoms. The Kier molecular flexibility index (Phi) is 60.4. The smallest absolute Gasteiger partial charge is 0.358 e. The van der Waals surface area contributed by atoms with Crippen molar-refractivity contribution in [3.8, 4) is 0 Å². The van der Waals surface area contributed by atoms with Crippen LogP contribution in [0.15, 0.2) is 0 Å². The summed E-state index contributed by atoms with van der Waals surface area (Å²) >= 11 is 8.10. The van der Waals surface area contributed by atoms with Crippen molar-refractivity contribution in [2.45, 2.75) is 13.8 Å². The van der Waals surface area contributed by atoms with Crippen LogP contribution in [-0.2, 0) is 0 Å². The fourth-order valence-electron chi connectivity index (χ4n) is 0.220. The summed E-state index contributed by atoms with van der Waals surface area (Å²) in [5.41, 5.74) is 0. The van der Waals surface area contributed by atoms with Crippen molar-refractivity contribution in [2.24, 2.45) is 0 Å². The van der Waals surface area contributed by atoms with Crippen LogP contribution < -0.4 is 103 Å². The van der Waals surface area contributed by atoms with Crippen molar-refractivity contribution >= 4 is 39.3 Å². The first-order valence-electron chi connectivity index (χ1n) is 2.24. The van der Waals surface area contributed by atoms with Gasteiger partial charge in [0.25, 0.3) is 0 Å². The van der Waals surface area contributed by atoms with E-state index < -0.39 is 0 Å². The third-order valence-corrected chi connectivity index (χ3v) is 2.44. The van der Waals surface area contributed by atoms with Gasteiger partial charge in [-0.3, -0.25) is 11.5 Å². The summed E-state index contributed by atoms with van der Waals surface area (Å²) in [6.45, 7) is 3.96. The van der Waals surface area contributed by atoms with Crippen LogP contribution in [-0.4, -0.2) is 3.53 Å². The molecule has 0 N–H and O–H groups in total. The van der Waals surface area contributed by atoms with Gasteiger partial charge in [-0.1, -0.05) is 12.2 Å². The maximum atomic E-state index is 4.92. The largest absolute Gasteiger partial charge is 1.00 e. The summed E-state index contributed by atoms with van der Waals surface area (Å²) in [6.07, 6.45) is 0. The van der Waals surface area contributed by atoms with Gasteiger partial charge in [0.2, 0.25) is 0 Å². The van der Waals surface area contributed by atoms with E-state index in [-0.39, 0.29) is 118 Å². The van der Waals surface area contributed by atoms with E-state index in [4.69, 9.17) is 12.2 Å². The molecule has 0 atom stereocenters. The Labute approximate surface area is 177 Å². The van der Waals surface area contributed by atoms with E-state index in [0.29, 0.717) is 0 Å². The predicted octanol–water partition coefficient (Wildman–Crippen LogP) is -1.99. The van der Waals surface area contributed by atoms with E-state index in [2.05, 4.69) is 0 Å². The van der Waals surface area contributed by atoms with Crippen molar-refractivity contribution in [2.75, 3.05) is 0 Å². The average molecular weight is 273 g/mol. The molecule has 0 radical (unpaired) electrons.